The summed E-state index contributed by atoms with van der Waals surface area (Å²) < 4.78 is 0. The number of aliphatic hydroxyl groups is 1. The zero-order valence-corrected chi connectivity index (χ0v) is 11.1. The van der Waals surface area contributed by atoms with E-state index in [1.165, 1.54) is 0 Å². The molecule has 1 unspecified atom stereocenters. The van der Waals surface area contributed by atoms with Crippen LogP contribution in [0.3, 0.4) is 0 Å². The fourth-order valence-electron chi connectivity index (χ4n) is 2.38. The number of hydrogen-bond acceptors (Lipinski definition) is 3. The third-order valence-electron chi connectivity index (χ3n) is 3.18. The monoisotopic (exact) mass is 248 g/mol. The lowest BCUT2D eigenvalue weighted by Crippen LogP contribution is -2.66. The molecular formula is C14H20N2O2. The van der Waals surface area contributed by atoms with Crippen LogP contribution in [0.1, 0.15) is 19.4 Å². The Kier molecular flexibility index (Phi) is 3.41. The van der Waals surface area contributed by atoms with Crippen LogP contribution in [0.4, 0.5) is 5.69 Å². The second-order valence-electron chi connectivity index (χ2n) is 5.53. The summed E-state index contributed by atoms with van der Waals surface area (Å²) in [5, 5.41) is 12.5. The topological polar surface area (TPSA) is 52.6 Å². The minimum Gasteiger partial charge on any atom is -0.394 e. The molecule has 1 saturated heterocycles. The Labute approximate surface area is 108 Å². The van der Waals surface area contributed by atoms with Crippen molar-refractivity contribution in [2.75, 3.05) is 18.1 Å². The van der Waals surface area contributed by atoms with Crippen molar-refractivity contribution in [1.29, 1.82) is 0 Å². The second-order valence-corrected chi connectivity index (χ2v) is 5.53. The first-order valence-electron chi connectivity index (χ1n) is 6.19. The number of piperazine rings is 1. The van der Waals surface area contributed by atoms with Gasteiger partial charge in [-0.3, -0.25) is 10.1 Å². The summed E-state index contributed by atoms with van der Waals surface area (Å²) in [7, 11) is 0. The van der Waals surface area contributed by atoms with Gasteiger partial charge in [0, 0.05) is 17.8 Å². The molecule has 1 atom stereocenters. The van der Waals surface area contributed by atoms with Crippen molar-refractivity contribution in [3.63, 3.8) is 0 Å². The lowest BCUT2D eigenvalue weighted by Gasteiger charge is -2.42. The Bertz CT molecular complexity index is 457. The van der Waals surface area contributed by atoms with E-state index in [4.69, 9.17) is 0 Å². The molecule has 1 aliphatic rings. The minimum absolute atomic E-state index is 0.0672. The van der Waals surface area contributed by atoms with Gasteiger partial charge in [-0.15, -0.1) is 0 Å². The van der Waals surface area contributed by atoms with Crippen LogP contribution in [0.5, 0.6) is 0 Å². The molecule has 18 heavy (non-hydrogen) atoms. The van der Waals surface area contributed by atoms with Crippen molar-refractivity contribution in [3.05, 3.63) is 29.8 Å². The number of carbonyl (C=O) groups excluding carboxylic acids is 1. The Hall–Kier alpha value is -1.39. The van der Waals surface area contributed by atoms with Crippen molar-refractivity contribution in [2.24, 2.45) is 0 Å². The summed E-state index contributed by atoms with van der Waals surface area (Å²) >= 11 is 0. The van der Waals surface area contributed by atoms with Crippen LogP contribution in [0.15, 0.2) is 24.3 Å². The van der Waals surface area contributed by atoms with Crippen molar-refractivity contribution < 1.29 is 9.90 Å². The van der Waals surface area contributed by atoms with Gasteiger partial charge in [0.1, 0.15) is 6.04 Å². The summed E-state index contributed by atoms with van der Waals surface area (Å²) in [5.74, 6) is -0.0672. The van der Waals surface area contributed by atoms with E-state index in [-0.39, 0.29) is 18.1 Å². The Morgan fingerprint density at radius 2 is 2.22 bits per heavy atom. The highest BCUT2D eigenvalue weighted by molar-refractivity contribution is 5.98. The van der Waals surface area contributed by atoms with E-state index >= 15 is 0 Å². The Morgan fingerprint density at radius 1 is 1.50 bits per heavy atom. The zero-order chi connectivity index (χ0) is 13.3. The van der Waals surface area contributed by atoms with E-state index in [1.807, 2.05) is 45.0 Å². The number of amides is 1. The molecule has 1 fully saturated rings. The Morgan fingerprint density at radius 3 is 2.83 bits per heavy atom. The Balaban J connectivity index is 2.33. The van der Waals surface area contributed by atoms with Gasteiger partial charge in [0.15, 0.2) is 0 Å². The van der Waals surface area contributed by atoms with Crippen LogP contribution >= 0.6 is 0 Å². The van der Waals surface area contributed by atoms with Gasteiger partial charge in [0.25, 0.3) is 0 Å². The average molecular weight is 248 g/mol. The van der Waals surface area contributed by atoms with E-state index in [9.17, 15) is 9.90 Å². The number of benzene rings is 1. The number of rotatable bonds is 2. The average Bonchev–Trinajstić information content (AvgIpc) is 2.31. The maximum absolute atomic E-state index is 12.3. The highest BCUT2D eigenvalue weighted by Crippen LogP contribution is 2.23. The highest BCUT2D eigenvalue weighted by Gasteiger charge is 2.38. The largest absolute Gasteiger partial charge is 0.394 e. The number of nitrogens with one attached hydrogen (secondary N) is 1. The maximum atomic E-state index is 12.3. The van der Waals surface area contributed by atoms with Gasteiger partial charge in [-0.1, -0.05) is 12.1 Å². The second kappa shape index (κ2) is 4.71. The SMILES string of the molecule is Cc1cccc(N2CC(C)(C)NC(CO)C2=O)c1. The fourth-order valence-corrected chi connectivity index (χ4v) is 2.38. The van der Waals surface area contributed by atoms with Crippen molar-refractivity contribution >= 4 is 11.6 Å². The van der Waals surface area contributed by atoms with Gasteiger partial charge in [0.05, 0.1) is 6.61 Å². The number of aryl methyl sites for hydroxylation is 1. The van der Waals surface area contributed by atoms with Crippen LogP contribution in [0.2, 0.25) is 0 Å². The van der Waals surface area contributed by atoms with Gasteiger partial charge in [-0.2, -0.15) is 0 Å². The van der Waals surface area contributed by atoms with Gasteiger partial charge in [-0.05, 0) is 38.5 Å². The van der Waals surface area contributed by atoms with Crippen molar-refractivity contribution in [2.45, 2.75) is 32.4 Å². The van der Waals surface area contributed by atoms with Crippen LogP contribution < -0.4 is 10.2 Å². The number of hydrogen-bond donors (Lipinski definition) is 2. The molecule has 98 valence electrons. The van der Waals surface area contributed by atoms with Crippen molar-refractivity contribution in [3.8, 4) is 0 Å². The molecule has 0 aliphatic carbocycles. The molecule has 0 radical (unpaired) electrons. The van der Waals surface area contributed by atoms with Crippen LogP contribution in [-0.2, 0) is 4.79 Å². The zero-order valence-electron chi connectivity index (χ0n) is 11.1. The van der Waals surface area contributed by atoms with E-state index in [2.05, 4.69) is 5.32 Å². The molecule has 0 bridgehead atoms. The molecule has 1 heterocycles. The van der Waals surface area contributed by atoms with Gasteiger partial charge < -0.3 is 10.0 Å². The smallest absolute Gasteiger partial charge is 0.246 e. The molecule has 1 aliphatic heterocycles. The molecule has 2 N–H and O–H groups in total. The van der Waals surface area contributed by atoms with Gasteiger partial charge in [-0.25, -0.2) is 0 Å². The molecule has 4 heteroatoms. The third kappa shape index (κ3) is 2.54. The number of carbonyl (C=O) groups is 1. The first-order valence-corrected chi connectivity index (χ1v) is 6.19. The van der Waals surface area contributed by atoms with Crippen LogP contribution in [0, 0.1) is 6.92 Å². The van der Waals surface area contributed by atoms with Gasteiger partial charge >= 0.3 is 0 Å². The van der Waals surface area contributed by atoms with E-state index < -0.39 is 6.04 Å². The third-order valence-corrected chi connectivity index (χ3v) is 3.18. The summed E-state index contributed by atoms with van der Waals surface area (Å²) in [6, 6.07) is 7.36. The number of anilines is 1. The molecule has 4 nitrogen and oxygen atoms in total. The maximum Gasteiger partial charge on any atom is 0.246 e. The molecule has 1 aromatic carbocycles. The number of nitrogens with zero attached hydrogens (tertiary/aromatic N) is 1. The highest BCUT2D eigenvalue weighted by atomic mass is 16.3. The summed E-state index contributed by atoms with van der Waals surface area (Å²) in [6.45, 7) is 6.50. The van der Waals surface area contributed by atoms with Crippen LogP contribution in [0.25, 0.3) is 0 Å². The van der Waals surface area contributed by atoms with Crippen molar-refractivity contribution in [1.82, 2.24) is 5.32 Å². The lowest BCUT2D eigenvalue weighted by atomic mass is 9.97. The van der Waals surface area contributed by atoms with Gasteiger partial charge in [0.2, 0.25) is 5.91 Å². The predicted octanol–water partition coefficient (Wildman–Crippen LogP) is 1.07. The first-order chi connectivity index (χ1) is 8.43. The molecular weight excluding hydrogens is 228 g/mol. The number of aliphatic hydroxyl groups excluding tert-OH is 1. The fraction of sp³-hybridized carbons (Fsp3) is 0.500. The summed E-state index contributed by atoms with van der Waals surface area (Å²) in [6.07, 6.45) is 0. The van der Waals surface area contributed by atoms with Crippen LogP contribution in [-0.4, -0.2) is 35.7 Å². The molecule has 1 amide bonds. The molecule has 2 rings (SSSR count). The summed E-state index contributed by atoms with van der Waals surface area (Å²) in [5.41, 5.74) is 1.82. The lowest BCUT2D eigenvalue weighted by molar-refractivity contribution is -0.124. The molecule has 1 aromatic rings. The summed E-state index contributed by atoms with van der Waals surface area (Å²) in [4.78, 5) is 14.0. The normalized spacial score (nSPS) is 23.2. The first kappa shape index (κ1) is 13.1. The predicted molar refractivity (Wildman–Crippen MR) is 71.6 cm³/mol. The van der Waals surface area contributed by atoms with E-state index in [0.717, 1.165) is 11.3 Å². The standard InChI is InChI=1S/C14H20N2O2/c1-10-5-4-6-11(7-10)16-9-14(2,3)15-12(8-17)13(16)18/h4-7,12,15,17H,8-9H2,1-3H3. The quantitative estimate of drug-likeness (QED) is 0.823. The van der Waals surface area contributed by atoms with E-state index in [0.29, 0.717) is 6.54 Å². The molecule has 0 aromatic heterocycles. The molecule has 0 saturated carbocycles. The van der Waals surface area contributed by atoms with E-state index in [1.54, 1.807) is 4.90 Å². The minimum atomic E-state index is -0.519. The molecule has 0 spiro atoms.